The van der Waals surface area contributed by atoms with Crippen molar-refractivity contribution in [3.63, 3.8) is 0 Å². The van der Waals surface area contributed by atoms with Crippen molar-refractivity contribution in [2.45, 2.75) is 31.4 Å². The number of ether oxygens (including phenoxy) is 1. The van der Waals surface area contributed by atoms with E-state index in [1.807, 2.05) is 24.3 Å². The van der Waals surface area contributed by atoms with Crippen molar-refractivity contribution < 1.29 is 19.7 Å². The van der Waals surface area contributed by atoms with Crippen molar-refractivity contribution in [1.82, 2.24) is 5.32 Å². The van der Waals surface area contributed by atoms with E-state index in [1.54, 1.807) is 7.11 Å². The van der Waals surface area contributed by atoms with E-state index in [2.05, 4.69) is 5.32 Å². The van der Waals surface area contributed by atoms with Crippen molar-refractivity contribution >= 4 is 5.91 Å². The number of aliphatic hydroxyl groups is 2. The zero-order valence-electron chi connectivity index (χ0n) is 11.6. The van der Waals surface area contributed by atoms with Crippen molar-refractivity contribution in [2.24, 2.45) is 5.92 Å². The standard InChI is InChI=1S/C15H21NO4/c1-20-13-4-2-10(3-5-13)6-15(19)16-12-7-11(9-17)14(18)8-12/h2-5,11-12,14,17-18H,6-9H2,1H3,(H,16,19). The first kappa shape index (κ1) is 14.8. The monoisotopic (exact) mass is 279 g/mol. The molecule has 1 aliphatic rings. The Morgan fingerprint density at radius 2 is 2.05 bits per heavy atom. The van der Waals surface area contributed by atoms with Crippen LogP contribution in [0.1, 0.15) is 18.4 Å². The van der Waals surface area contributed by atoms with Gasteiger partial charge >= 0.3 is 0 Å². The molecule has 1 saturated carbocycles. The van der Waals surface area contributed by atoms with Crippen LogP contribution >= 0.6 is 0 Å². The van der Waals surface area contributed by atoms with E-state index < -0.39 is 6.10 Å². The number of hydrogen-bond acceptors (Lipinski definition) is 4. The summed E-state index contributed by atoms with van der Waals surface area (Å²) < 4.78 is 5.07. The van der Waals surface area contributed by atoms with Crippen molar-refractivity contribution in [2.75, 3.05) is 13.7 Å². The predicted octanol–water partition coefficient (Wildman–Crippen LogP) is 0.486. The number of hydrogen-bond donors (Lipinski definition) is 3. The quantitative estimate of drug-likeness (QED) is 0.733. The molecule has 3 N–H and O–H groups in total. The maximum Gasteiger partial charge on any atom is 0.224 e. The number of carbonyl (C=O) groups is 1. The van der Waals surface area contributed by atoms with E-state index in [4.69, 9.17) is 9.84 Å². The Labute approximate surface area is 118 Å². The van der Waals surface area contributed by atoms with E-state index in [0.29, 0.717) is 19.3 Å². The lowest BCUT2D eigenvalue weighted by Gasteiger charge is -2.12. The Bertz CT molecular complexity index is 446. The minimum atomic E-state index is -0.522. The van der Waals surface area contributed by atoms with Crippen LogP contribution in [0.15, 0.2) is 24.3 Å². The van der Waals surface area contributed by atoms with E-state index in [9.17, 15) is 9.90 Å². The average Bonchev–Trinajstić information content (AvgIpc) is 2.79. The zero-order valence-corrected chi connectivity index (χ0v) is 11.6. The third-order valence-corrected chi connectivity index (χ3v) is 3.78. The van der Waals surface area contributed by atoms with Crippen LogP contribution in [0.3, 0.4) is 0 Å². The SMILES string of the molecule is COc1ccc(CC(=O)NC2CC(O)C(CO)C2)cc1. The van der Waals surface area contributed by atoms with Crippen LogP contribution in [-0.4, -0.2) is 42.0 Å². The van der Waals surface area contributed by atoms with Gasteiger partial charge in [0.15, 0.2) is 0 Å². The molecule has 3 unspecified atom stereocenters. The summed E-state index contributed by atoms with van der Waals surface area (Å²) in [7, 11) is 1.60. The van der Waals surface area contributed by atoms with Crippen LogP contribution in [0.4, 0.5) is 0 Å². The van der Waals surface area contributed by atoms with E-state index in [-0.39, 0.29) is 24.5 Å². The number of carbonyl (C=O) groups excluding carboxylic acids is 1. The lowest BCUT2D eigenvalue weighted by atomic mass is 10.1. The maximum atomic E-state index is 11.9. The molecule has 0 heterocycles. The normalized spacial score (nSPS) is 25.4. The molecule has 5 nitrogen and oxygen atoms in total. The van der Waals surface area contributed by atoms with E-state index in [0.717, 1.165) is 11.3 Å². The van der Waals surface area contributed by atoms with Crippen LogP contribution in [0.25, 0.3) is 0 Å². The predicted molar refractivity (Wildman–Crippen MR) is 74.4 cm³/mol. The van der Waals surface area contributed by atoms with Crippen LogP contribution in [0.2, 0.25) is 0 Å². The molecule has 1 fully saturated rings. The molecule has 1 aromatic carbocycles. The minimum Gasteiger partial charge on any atom is -0.497 e. The molecule has 0 bridgehead atoms. The Kier molecular flexibility index (Phi) is 4.98. The molecule has 3 atom stereocenters. The summed E-state index contributed by atoms with van der Waals surface area (Å²) in [5.74, 6) is 0.575. The topological polar surface area (TPSA) is 78.8 Å². The molecule has 0 aliphatic heterocycles. The Balaban J connectivity index is 1.83. The Hall–Kier alpha value is -1.59. The lowest BCUT2D eigenvalue weighted by Crippen LogP contribution is -2.34. The first-order valence-corrected chi connectivity index (χ1v) is 6.83. The van der Waals surface area contributed by atoms with Gasteiger partial charge in [-0.05, 0) is 30.5 Å². The van der Waals surface area contributed by atoms with Gasteiger partial charge in [0.25, 0.3) is 0 Å². The second-order valence-corrected chi connectivity index (χ2v) is 5.27. The Morgan fingerprint density at radius 3 is 2.60 bits per heavy atom. The largest absolute Gasteiger partial charge is 0.497 e. The highest BCUT2D eigenvalue weighted by Crippen LogP contribution is 2.25. The van der Waals surface area contributed by atoms with Gasteiger partial charge in [-0.1, -0.05) is 12.1 Å². The second kappa shape index (κ2) is 6.72. The van der Waals surface area contributed by atoms with Gasteiger partial charge in [0.05, 0.1) is 19.6 Å². The molecular weight excluding hydrogens is 258 g/mol. The average molecular weight is 279 g/mol. The zero-order chi connectivity index (χ0) is 14.5. The van der Waals surface area contributed by atoms with Crippen molar-refractivity contribution in [3.05, 3.63) is 29.8 Å². The summed E-state index contributed by atoms with van der Waals surface area (Å²) in [6, 6.07) is 7.32. The van der Waals surface area contributed by atoms with Gasteiger partial charge in [0.1, 0.15) is 5.75 Å². The number of nitrogens with one attached hydrogen (secondary N) is 1. The summed E-state index contributed by atoms with van der Waals surface area (Å²) in [6.07, 6.45) is 0.928. The van der Waals surface area contributed by atoms with Gasteiger partial charge < -0.3 is 20.3 Å². The van der Waals surface area contributed by atoms with E-state index in [1.165, 1.54) is 0 Å². The van der Waals surface area contributed by atoms with Crippen molar-refractivity contribution in [1.29, 1.82) is 0 Å². The smallest absolute Gasteiger partial charge is 0.224 e. The fourth-order valence-corrected chi connectivity index (χ4v) is 2.62. The molecule has 1 aromatic rings. The summed E-state index contributed by atoms with van der Waals surface area (Å²) in [5, 5.41) is 21.7. The first-order chi connectivity index (χ1) is 9.62. The molecular formula is C15H21NO4. The van der Waals surface area contributed by atoms with E-state index >= 15 is 0 Å². The molecule has 110 valence electrons. The summed E-state index contributed by atoms with van der Waals surface area (Å²) in [4.78, 5) is 11.9. The second-order valence-electron chi connectivity index (χ2n) is 5.27. The highest BCUT2D eigenvalue weighted by Gasteiger charge is 2.33. The van der Waals surface area contributed by atoms with Crippen molar-refractivity contribution in [3.8, 4) is 5.75 Å². The highest BCUT2D eigenvalue weighted by atomic mass is 16.5. The molecule has 5 heteroatoms. The van der Waals surface area contributed by atoms with Gasteiger partial charge in [0.2, 0.25) is 5.91 Å². The summed E-state index contributed by atoms with van der Waals surface area (Å²) in [6.45, 7) is -0.0357. The summed E-state index contributed by atoms with van der Waals surface area (Å²) in [5.41, 5.74) is 0.917. The third kappa shape index (κ3) is 3.71. The minimum absolute atomic E-state index is 0.0357. The molecule has 1 aliphatic carbocycles. The van der Waals surface area contributed by atoms with Crippen LogP contribution in [-0.2, 0) is 11.2 Å². The number of amides is 1. The summed E-state index contributed by atoms with van der Waals surface area (Å²) >= 11 is 0. The molecule has 0 aromatic heterocycles. The molecule has 0 radical (unpaired) electrons. The molecule has 1 amide bonds. The number of rotatable bonds is 5. The van der Waals surface area contributed by atoms with Gasteiger partial charge in [-0.15, -0.1) is 0 Å². The van der Waals surface area contributed by atoms with Gasteiger partial charge in [-0.25, -0.2) is 0 Å². The van der Waals surface area contributed by atoms with Gasteiger partial charge in [0, 0.05) is 18.6 Å². The number of benzene rings is 1. The van der Waals surface area contributed by atoms with Crippen LogP contribution < -0.4 is 10.1 Å². The van der Waals surface area contributed by atoms with Gasteiger partial charge in [-0.2, -0.15) is 0 Å². The first-order valence-electron chi connectivity index (χ1n) is 6.83. The lowest BCUT2D eigenvalue weighted by molar-refractivity contribution is -0.121. The number of aliphatic hydroxyl groups excluding tert-OH is 2. The number of methoxy groups -OCH3 is 1. The van der Waals surface area contributed by atoms with Crippen LogP contribution in [0, 0.1) is 5.92 Å². The highest BCUT2D eigenvalue weighted by molar-refractivity contribution is 5.78. The molecule has 0 spiro atoms. The molecule has 20 heavy (non-hydrogen) atoms. The Morgan fingerprint density at radius 1 is 1.35 bits per heavy atom. The third-order valence-electron chi connectivity index (χ3n) is 3.78. The van der Waals surface area contributed by atoms with Crippen LogP contribution in [0.5, 0.6) is 5.75 Å². The van der Waals surface area contributed by atoms with Gasteiger partial charge in [-0.3, -0.25) is 4.79 Å². The fraction of sp³-hybridized carbons (Fsp3) is 0.533. The fourth-order valence-electron chi connectivity index (χ4n) is 2.62. The molecule has 0 saturated heterocycles. The molecule has 2 rings (SSSR count). The maximum absolute atomic E-state index is 11.9.